The summed E-state index contributed by atoms with van der Waals surface area (Å²) in [7, 11) is 0. The number of hydrogen-bond donors (Lipinski definition) is 1. The number of rotatable bonds is 4. The largest absolute Gasteiger partial charge is 0.334 e. The Hall–Kier alpha value is -2.66. The number of anilines is 1. The first-order valence-electron chi connectivity index (χ1n) is 7.16. The first kappa shape index (κ1) is 15.2. The summed E-state index contributed by atoms with van der Waals surface area (Å²) in [5, 5.41) is 7.25. The Balaban J connectivity index is 1.90. The van der Waals surface area contributed by atoms with Crippen LogP contribution in [0.15, 0.2) is 53.1 Å². The van der Waals surface area contributed by atoms with Crippen molar-refractivity contribution in [2.24, 2.45) is 0 Å². The lowest BCUT2D eigenvalue weighted by atomic mass is 10.1. The quantitative estimate of drug-likeness (QED) is 0.779. The summed E-state index contributed by atoms with van der Waals surface area (Å²) >= 11 is 5.92. The van der Waals surface area contributed by atoms with E-state index in [-0.39, 0.29) is 5.91 Å². The van der Waals surface area contributed by atoms with Crippen molar-refractivity contribution in [2.45, 2.75) is 13.3 Å². The lowest BCUT2D eigenvalue weighted by Crippen LogP contribution is -2.12. The van der Waals surface area contributed by atoms with Crippen LogP contribution in [0.3, 0.4) is 0 Å². The highest BCUT2D eigenvalue weighted by atomic mass is 35.5. The molecule has 116 valence electrons. The third kappa shape index (κ3) is 3.40. The maximum atomic E-state index is 12.4. The minimum Gasteiger partial charge on any atom is -0.334 e. The molecule has 6 heteroatoms. The predicted octanol–water partition coefficient (Wildman–Crippen LogP) is 4.20. The molecule has 1 N–H and O–H groups in total. The fraction of sp³-hybridized carbons (Fsp3) is 0.118. The summed E-state index contributed by atoms with van der Waals surface area (Å²) in [6, 6.07) is 14.0. The molecule has 3 rings (SSSR count). The molecule has 0 saturated carbocycles. The Morgan fingerprint density at radius 1 is 1.22 bits per heavy atom. The van der Waals surface area contributed by atoms with Gasteiger partial charge < -0.3 is 9.84 Å². The summed E-state index contributed by atoms with van der Waals surface area (Å²) in [6.45, 7) is 1.95. The molecule has 0 spiro atoms. The Morgan fingerprint density at radius 3 is 2.78 bits per heavy atom. The molecule has 0 fully saturated rings. The van der Waals surface area contributed by atoms with Crippen molar-refractivity contribution in [2.75, 3.05) is 5.32 Å². The van der Waals surface area contributed by atoms with Crippen molar-refractivity contribution >= 4 is 23.2 Å². The van der Waals surface area contributed by atoms with E-state index in [2.05, 4.69) is 15.5 Å². The topological polar surface area (TPSA) is 68.0 Å². The third-order valence-electron chi connectivity index (χ3n) is 3.28. The number of aromatic nitrogens is 2. The number of para-hydroxylation sites is 1. The number of carbonyl (C=O) groups excluding carboxylic acids is 1. The standard InChI is InChI=1S/C17H14ClN3O2/c1-2-15-20-17(23-21-15)13-8-3-4-9-14(13)19-16(22)11-6-5-7-12(18)10-11/h3-10H,2H2,1H3,(H,19,22). The minimum atomic E-state index is -0.254. The second-order valence-electron chi connectivity index (χ2n) is 4.88. The number of nitrogens with one attached hydrogen (secondary N) is 1. The average Bonchev–Trinajstić information content (AvgIpc) is 3.04. The lowest BCUT2D eigenvalue weighted by molar-refractivity contribution is 0.102. The zero-order chi connectivity index (χ0) is 16.2. The molecule has 1 amide bonds. The van der Waals surface area contributed by atoms with Crippen molar-refractivity contribution in [1.29, 1.82) is 0 Å². The van der Waals surface area contributed by atoms with Crippen molar-refractivity contribution in [3.8, 4) is 11.5 Å². The van der Waals surface area contributed by atoms with Crippen LogP contribution in [0.25, 0.3) is 11.5 Å². The number of carbonyl (C=O) groups is 1. The molecule has 0 radical (unpaired) electrons. The maximum absolute atomic E-state index is 12.4. The number of amides is 1. The van der Waals surface area contributed by atoms with Gasteiger partial charge in [-0.25, -0.2) is 0 Å². The number of benzene rings is 2. The molecule has 0 aliphatic heterocycles. The fourth-order valence-corrected chi connectivity index (χ4v) is 2.30. The summed E-state index contributed by atoms with van der Waals surface area (Å²) in [5.74, 6) is 0.745. The monoisotopic (exact) mass is 327 g/mol. The van der Waals surface area contributed by atoms with E-state index in [0.29, 0.717) is 40.0 Å². The summed E-state index contributed by atoms with van der Waals surface area (Å²) < 4.78 is 5.26. The number of nitrogens with zero attached hydrogens (tertiary/aromatic N) is 2. The van der Waals surface area contributed by atoms with Crippen molar-refractivity contribution < 1.29 is 9.32 Å². The maximum Gasteiger partial charge on any atom is 0.260 e. The van der Waals surface area contributed by atoms with E-state index < -0.39 is 0 Å². The number of aryl methyl sites for hydroxylation is 1. The highest BCUT2D eigenvalue weighted by Gasteiger charge is 2.14. The Bertz CT molecular complexity index is 845. The van der Waals surface area contributed by atoms with E-state index >= 15 is 0 Å². The van der Waals surface area contributed by atoms with Crippen molar-refractivity contribution in [1.82, 2.24) is 10.1 Å². The van der Waals surface area contributed by atoms with Crippen molar-refractivity contribution in [3.63, 3.8) is 0 Å². The van der Waals surface area contributed by atoms with Gasteiger partial charge in [-0.2, -0.15) is 4.98 Å². The molecule has 0 atom stereocenters. The smallest absolute Gasteiger partial charge is 0.260 e. The Labute approximate surface area is 138 Å². The molecule has 2 aromatic carbocycles. The van der Waals surface area contributed by atoms with Crippen LogP contribution in [-0.4, -0.2) is 16.0 Å². The van der Waals surface area contributed by atoms with E-state index in [0.717, 1.165) is 0 Å². The van der Waals surface area contributed by atoms with Crippen LogP contribution >= 0.6 is 11.6 Å². The van der Waals surface area contributed by atoms with Crippen LogP contribution in [0, 0.1) is 0 Å². The van der Waals surface area contributed by atoms with E-state index in [1.807, 2.05) is 25.1 Å². The van der Waals surface area contributed by atoms with Gasteiger partial charge in [0.15, 0.2) is 5.82 Å². The highest BCUT2D eigenvalue weighted by Crippen LogP contribution is 2.27. The van der Waals surface area contributed by atoms with Crippen LogP contribution < -0.4 is 5.32 Å². The molecule has 0 unspecified atom stereocenters. The Kier molecular flexibility index (Phi) is 4.39. The molecule has 3 aromatic rings. The van der Waals surface area contributed by atoms with Gasteiger partial charge >= 0.3 is 0 Å². The third-order valence-corrected chi connectivity index (χ3v) is 3.51. The molecule has 23 heavy (non-hydrogen) atoms. The van der Waals surface area contributed by atoms with Crippen LogP contribution in [-0.2, 0) is 6.42 Å². The second-order valence-corrected chi connectivity index (χ2v) is 5.32. The first-order valence-corrected chi connectivity index (χ1v) is 7.54. The van der Waals surface area contributed by atoms with E-state index in [1.54, 1.807) is 30.3 Å². The molecular formula is C17H14ClN3O2. The molecule has 5 nitrogen and oxygen atoms in total. The van der Waals surface area contributed by atoms with Gasteiger partial charge in [0, 0.05) is 17.0 Å². The van der Waals surface area contributed by atoms with Gasteiger partial charge in [0.2, 0.25) is 0 Å². The van der Waals surface area contributed by atoms with Gasteiger partial charge in [0.25, 0.3) is 11.8 Å². The zero-order valence-electron chi connectivity index (χ0n) is 12.4. The molecule has 0 aliphatic rings. The predicted molar refractivity (Wildman–Crippen MR) is 88.5 cm³/mol. The molecule has 0 saturated heterocycles. The second kappa shape index (κ2) is 6.62. The number of halogens is 1. The lowest BCUT2D eigenvalue weighted by Gasteiger charge is -2.08. The van der Waals surface area contributed by atoms with Crippen LogP contribution in [0.1, 0.15) is 23.1 Å². The van der Waals surface area contributed by atoms with Crippen LogP contribution in [0.4, 0.5) is 5.69 Å². The summed E-state index contributed by atoms with van der Waals surface area (Å²) in [5.41, 5.74) is 1.76. The average molecular weight is 328 g/mol. The van der Waals surface area contributed by atoms with E-state index in [1.165, 1.54) is 0 Å². The molecule has 0 bridgehead atoms. The van der Waals surface area contributed by atoms with Gasteiger partial charge in [-0.05, 0) is 30.3 Å². The fourth-order valence-electron chi connectivity index (χ4n) is 2.11. The molecule has 1 heterocycles. The van der Waals surface area contributed by atoms with Crippen molar-refractivity contribution in [3.05, 3.63) is 64.9 Å². The van der Waals surface area contributed by atoms with Gasteiger partial charge in [0.05, 0.1) is 11.3 Å². The highest BCUT2D eigenvalue weighted by molar-refractivity contribution is 6.31. The van der Waals surface area contributed by atoms with Gasteiger partial charge in [0.1, 0.15) is 0 Å². The van der Waals surface area contributed by atoms with Gasteiger partial charge in [-0.3, -0.25) is 4.79 Å². The SMILES string of the molecule is CCc1noc(-c2ccccc2NC(=O)c2cccc(Cl)c2)n1. The molecular weight excluding hydrogens is 314 g/mol. The number of hydrogen-bond acceptors (Lipinski definition) is 4. The Morgan fingerprint density at radius 2 is 2.04 bits per heavy atom. The summed E-state index contributed by atoms with van der Waals surface area (Å²) in [4.78, 5) is 16.7. The summed E-state index contributed by atoms with van der Waals surface area (Å²) in [6.07, 6.45) is 0.681. The minimum absolute atomic E-state index is 0.254. The first-order chi connectivity index (χ1) is 11.2. The van der Waals surface area contributed by atoms with E-state index in [9.17, 15) is 4.79 Å². The van der Waals surface area contributed by atoms with Crippen LogP contribution in [0.5, 0.6) is 0 Å². The molecule has 0 aliphatic carbocycles. The zero-order valence-corrected chi connectivity index (χ0v) is 13.2. The van der Waals surface area contributed by atoms with E-state index in [4.69, 9.17) is 16.1 Å². The molecule has 1 aromatic heterocycles. The van der Waals surface area contributed by atoms with Gasteiger partial charge in [-0.15, -0.1) is 0 Å². The normalized spacial score (nSPS) is 10.5. The van der Waals surface area contributed by atoms with Crippen LogP contribution in [0.2, 0.25) is 5.02 Å². The van der Waals surface area contributed by atoms with Gasteiger partial charge in [-0.1, -0.05) is 41.9 Å².